The molecule has 160 valence electrons. The van der Waals surface area contributed by atoms with Crippen LogP contribution >= 0.6 is 24.0 Å². The first-order valence-corrected chi connectivity index (χ1v) is 9.88. The first-order valence-electron chi connectivity index (χ1n) is 9.88. The minimum absolute atomic E-state index is 0. The Bertz CT molecular complexity index is 739. The van der Waals surface area contributed by atoms with E-state index in [1.165, 1.54) is 11.1 Å². The number of hydrogen-bond donors (Lipinski definition) is 2. The van der Waals surface area contributed by atoms with Crippen LogP contribution in [0.3, 0.4) is 0 Å². The molecular weight excluding hydrogens is 479 g/mol. The lowest BCUT2D eigenvalue weighted by Gasteiger charge is -2.41. The molecule has 0 bridgehead atoms. The highest BCUT2D eigenvalue weighted by atomic mass is 127. The summed E-state index contributed by atoms with van der Waals surface area (Å²) in [5.74, 6) is 0.823. The standard InChI is InChI=1S/C21H32N6O.HI/c1-21(2,27-10-12-28-13-11-27)16-25-20(22-3)24-14-18-4-6-19(7-5-18)15-26-9-8-23-17-26;/h4-9,17H,10-16H2,1-3H3,(H2,22,24,25);1H. The third-order valence-corrected chi connectivity index (χ3v) is 5.19. The smallest absolute Gasteiger partial charge is 0.191 e. The van der Waals surface area contributed by atoms with Crippen LogP contribution in [-0.4, -0.2) is 65.8 Å². The number of guanidine groups is 1. The quantitative estimate of drug-likeness (QED) is 0.339. The first-order chi connectivity index (χ1) is 13.6. The molecule has 1 aliphatic heterocycles. The highest BCUT2D eigenvalue weighted by molar-refractivity contribution is 14.0. The van der Waals surface area contributed by atoms with Crippen LogP contribution in [0, 0.1) is 0 Å². The average molecular weight is 512 g/mol. The maximum Gasteiger partial charge on any atom is 0.191 e. The molecular formula is C21H33IN6O. The van der Waals surface area contributed by atoms with Crippen molar-refractivity contribution in [1.82, 2.24) is 25.1 Å². The van der Waals surface area contributed by atoms with Crippen LogP contribution in [-0.2, 0) is 17.8 Å². The number of benzene rings is 1. The third kappa shape index (κ3) is 7.27. The monoisotopic (exact) mass is 512 g/mol. The molecule has 3 rings (SSSR count). The lowest BCUT2D eigenvalue weighted by atomic mass is 10.0. The summed E-state index contributed by atoms with van der Waals surface area (Å²) in [4.78, 5) is 10.9. The van der Waals surface area contributed by atoms with Crippen molar-refractivity contribution in [2.75, 3.05) is 39.9 Å². The molecule has 29 heavy (non-hydrogen) atoms. The summed E-state index contributed by atoms with van der Waals surface area (Å²) in [6.07, 6.45) is 5.62. The van der Waals surface area contributed by atoms with Gasteiger partial charge in [0.2, 0.25) is 0 Å². The summed E-state index contributed by atoms with van der Waals surface area (Å²) < 4.78 is 7.53. The van der Waals surface area contributed by atoms with Gasteiger partial charge in [0, 0.05) is 57.7 Å². The van der Waals surface area contributed by atoms with Crippen LogP contribution in [0.1, 0.15) is 25.0 Å². The number of aliphatic imine (C=N–C) groups is 1. The maximum absolute atomic E-state index is 5.46. The summed E-state index contributed by atoms with van der Waals surface area (Å²) in [6, 6.07) is 8.64. The van der Waals surface area contributed by atoms with Gasteiger partial charge in [0.15, 0.2) is 5.96 Å². The number of aromatic nitrogens is 2. The Hall–Kier alpha value is -1.65. The Morgan fingerprint density at radius 1 is 1.14 bits per heavy atom. The Morgan fingerprint density at radius 2 is 1.83 bits per heavy atom. The zero-order valence-electron chi connectivity index (χ0n) is 17.6. The molecule has 0 saturated carbocycles. The number of nitrogens with one attached hydrogen (secondary N) is 2. The number of nitrogens with zero attached hydrogens (tertiary/aromatic N) is 4. The van der Waals surface area contributed by atoms with Gasteiger partial charge in [-0.3, -0.25) is 9.89 Å². The first kappa shape index (κ1) is 23.6. The summed E-state index contributed by atoms with van der Waals surface area (Å²) in [7, 11) is 1.81. The second-order valence-corrected chi connectivity index (χ2v) is 7.74. The molecule has 1 aromatic carbocycles. The van der Waals surface area contributed by atoms with Gasteiger partial charge in [0.05, 0.1) is 19.5 Å². The number of rotatable bonds is 7. The van der Waals surface area contributed by atoms with E-state index in [0.29, 0.717) is 0 Å². The maximum atomic E-state index is 5.46. The van der Waals surface area contributed by atoms with Crippen molar-refractivity contribution in [3.05, 3.63) is 54.1 Å². The van der Waals surface area contributed by atoms with Gasteiger partial charge in [-0.15, -0.1) is 24.0 Å². The molecule has 8 heteroatoms. The van der Waals surface area contributed by atoms with Crippen molar-refractivity contribution >= 4 is 29.9 Å². The van der Waals surface area contributed by atoms with E-state index in [1.807, 2.05) is 19.6 Å². The van der Waals surface area contributed by atoms with Crippen molar-refractivity contribution in [2.45, 2.75) is 32.5 Å². The van der Waals surface area contributed by atoms with E-state index in [0.717, 1.165) is 51.9 Å². The highest BCUT2D eigenvalue weighted by Gasteiger charge is 2.28. The molecule has 0 spiro atoms. The van der Waals surface area contributed by atoms with E-state index < -0.39 is 0 Å². The van der Waals surface area contributed by atoms with E-state index in [1.54, 1.807) is 6.20 Å². The van der Waals surface area contributed by atoms with Crippen LogP contribution in [0.15, 0.2) is 48.0 Å². The molecule has 2 aromatic rings. The Labute approximate surface area is 191 Å². The van der Waals surface area contributed by atoms with E-state index in [2.05, 4.69) is 68.2 Å². The van der Waals surface area contributed by atoms with Crippen LogP contribution in [0.25, 0.3) is 0 Å². The SMILES string of the molecule is CN=C(NCc1ccc(Cn2ccnc2)cc1)NCC(C)(C)N1CCOCC1.I. The zero-order valence-corrected chi connectivity index (χ0v) is 19.9. The zero-order chi connectivity index (χ0) is 19.8. The fraction of sp³-hybridized carbons (Fsp3) is 0.524. The van der Waals surface area contributed by atoms with E-state index in [9.17, 15) is 0 Å². The number of ether oxygens (including phenoxy) is 1. The molecule has 1 fully saturated rings. The molecule has 1 aromatic heterocycles. The molecule has 0 unspecified atom stereocenters. The number of hydrogen-bond acceptors (Lipinski definition) is 4. The fourth-order valence-corrected chi connectivity index (χ4v) is 3.34. The van der Waals surface area contributed by atoms with Crippen LogP contribution in [0.4, 0.5) is 0 Å². The summed E-state index contributed by atoms with van der Waals surface area (Å²) in [5, 5.41) is 6.87. The van der Waals surface area contributed by atoms with Crippen molar-refractivity contribution in [2.24, 2.45) is 4.99 Å². The Balaban J connectivity index is 0.00000300. The predicted octanol–water partition coefficient (Wildman–Crippen LogP) is 2.33. The summed E-state index contributed by atoms with van der Waals surface area (Å²) in [5.41, 5.74) is 2.54. The van der Waals surface area contributed by atoms with Gasteiger partial charge in [0.25, 0.3) is 0 Å². The largest absolute Gasteiger partial charge is 0.379 e. The normalized spacial score (nSPS) is 15.6. The van der Waals surface area contributed by atoms with Crippen LogP contribution < -0.4 is 10.6 Å². The van der Waals surface area contributed by atoms with E-state index in [4.69, 9.17) is 4.74 Å². The summed E-state index contributed by atoms with van der Waals surface area (Å²) in [6.45, 7) is 10.5. The average Bonchev–Trinajstić information content (AvgIpc) is 3.23. The van der Waals surface area contributed by atoms with E-state index >= 15 is 0 Å². The number of morpholine rings is 1. The van der Waals surface area contributed by atoms with Gasteiger partial charge >= 0.3 is 0 Å². The van der Waals surface area contributed by atoms with Crippen molar-refractivity contribution in [3.8, 4) is 0 Å². The van der Waals surface area contributed by atoms with Crippen molar-refractivity contribution in [1.29, 1.82) is 0 Å². The predicted molar refractivity (Wildman–Crippen MR) is 128 cm³/mol. The van der Waals surface area contributed by atoms with Gasteiger partial charge in [0.1, 0.15) is 0 Å². The minimum Gasteiger partial charge on any atom is -0.379 e. The Morgan fingerprint density at radius 3 is 2.45 bits per heavy atom. The lowest BCUT2D eigenvalue weighted by Crippen LogP contribution is -2.56. The Kier molecular flexibility index (Phi) is 9.38. The fourth-order valence-electron chi connectivity index (χ4n) is 3.34. The van der Waals surface area contributed by atoms with Gasteiger partial charge in [-0.2, -0.15) is 0 Å². The molecule has 0 radical (unpaired) electrons. The molecule has 0 aliphatic carbocycles. The van der Waals surface area contributed by atoms with Gasteiger partial charge in [-0.05, 0) is 25.0 Å². The van der Waals surface area contributed by atoms with Gasteiger partial charge in [-0.25, -0.2) is 4.98 Å². The molecule has 2 heterocycles. The molecule has 0 amide bonds. The van der Waals surface area contributed by atoms with Gasteiger partial charge < -0.3 is 19.9 Å². The molecule has 7 nitrogen and oxygen atoms in total. The molecule has 1 aliphatic rings. The summed E-state index contributed by atoms with van der Waals surface area (Å²) >= 11 is 0. The van der Waals surface area contributed by atoms with Crippen molar-refractivity contribution in [3.63, 3.8) is 0 Å². The van der Waals surface area contributed by atoms with Crippen molar-refractivity contribution < 1.29 is 4.74 Å². The van der Waals surface area contributed by atoms with E-state index in [-0.39, 0.29) is 29.5 Å². The lowest BCUT2D eigenvalue weighted by molar-refractivity contribution is -0.00834. The number of imidazole rings is 1. The third-order valence-electron chi connectivity index (χ3n) is 5.19. The topological polar surface area (TPSA) is 66.7 Å². The minimum atomic E-state index is 0. The second-order valence-electron chi connectivity index (χ2n) is 7.74. The number of halogens is 1. The highest BCUT2D eigenvalue weighted by Crippen LogP contribution is 2.15. The van der Waals surface area contributed by atoms with Gasteiger partial charge in [-0.1, -0.05) is 24.3 Å². The van der Waals surface area contributed by atoms with Crippen LogP contribution in [0.5, 0.6) is 0 Å². The second kappa shape index (κ2) is 11.5. The molecule has 0 atom stereocenters. The molecule has 1 saturated heterocycles. The molecule has 2 N–H and O–H groups in total. The van der Waals surface area contributed by atoms with Crippen LogP contribution in [0.2, 0.25) is 0 Å².